The zero-order chi connectivity index (χ0) is 16.7. The summed E-state index contributed by atoms with van der Waals surface area (Å²) >= 11 is 0. The van der Waals surface area contributed by atoms with Gasteiger partial charge in [0.25, 0.3) is 5.69 Å². The van der Waals surface area contributed by atoms with Crippen LogP contribution in [-0.4, -0.2) is 12.0 Å². The molecule has 0 fully saturated rings. The highest BCUT2D eigenvalue weighted by Crippen LogP contribution is 2.47. The van der Waals surface area contributed by atoms with Crippen molar-refractivity contribution in [2.45, 2.75) is 6.04 Å². The first-order chi connectivity index (χ1) is 11.7. The Balaban J connectivity index is 1.91. The number of non-ortho nitro benzene ring substituents is 1. The number of para-hydroxylation sites is 1. The van der Waals surface area contributed by atoms with Crippen LogP contribution in [0.25, 0.3) is 11.1 Å². The van der Waals surface area contributed by atoms with E-state index < -0.39 is 0 Å². The number of nitro groups is 1. The summed E-state index contributed by atoms with van der Waals surface area (Å²) in [5, 5.41) is 11.2. The van der Waals surface area contributed by atoms with Crippen molar-refractivity contribution in [2.75, 3.05) is 11.9 Å². The van der Waals surface area contributed by atoms with Crippen LogP contribution < -0.4 is 4.90 Å². The van der Waals surface area contributed by atoms with Crippen LogP contribution >= 0.6 is 0 Å². The van der Waals surface area contributed by atoms with E-state index in [1.165, 1.54) is 5.56 Å². The largest absolute Gasteiger partial charge is 0.363 e. The molecule has 24 heavy (non-hydrogen) atoms. The van der Waals surface area contributed by atoms with Crippen molar-refractivity contribution in [1.82, 2.24) is 0 Å². The van der Waals surface area contributed by atoms with Crippen LogP contribution in [-0.2, 0) is 0 Å². The van der Waals surface area contributed by atoms with Gasteiger partial charge >= 0.3 is 0 Å². The molecule has 0 saturated carbocycles. The van der Waals surface area contributed by atoms with Gasteiger partial charge in [-0.05, 0) is 40.5 Å². The smallest absolute Gasteiger partial charge is 0.269 e. The Morgan fingerprint density at radius 1 is 0.875 bits per heavy atom. The molecule has 0 heterocycles. The van der Waals surface area contributed by atoms with Gasteiger partial charge in [-0.15, -0.1) is 0 Å². The van der Waals surface area contributed by atoms with Gasteiger partial charge in [-0.2, -0.15) is 0 Å². The number of nitrogens with zero attached hydrogens (tertiary/aromatic N) is 2. The average molecular weight is 316 g/mol. The van der Waals surface area contributed by atoms with Crippen LogP contribution in [0.1, 0.15) is 17.2 Å². The molecular weight excluding hydrogens is 300 g/mol. The van der Waals surface area contributed by atoms with E-state index in [4.69, 9.17) is 0 Å². The Bertz CT molecular complexity index is 922. The maximum atomic E-state index is 11.2. The molecule has 3 aromatic rings. The summed E-state index contributed by atoms with van der Waals surface area (Å²) in [5.74, 6) is 0. The molecule has 1 unspecified atom stereocenters. The molecule has 0 N–H and O–H groups in total. The fraction of sp³-hybridized carbons (Fsp3) is 0.100. The third kappa shape index (κ3) is 2.15. The van der Waals surface area contributed by atoms with Crippen molar-refractivity contribution < 1.29 is 4.92 Å². The van der Waals surface area contributed by atoms with Gasteiger partial charge in [0.05, 0.1) is 11.0 Å². The molecule has 0 radical (unpaired) electrons. The van der Waals surface area contributed by atoms with Gasteiger partial charge in [0.2, 0.25) is 0 Å². The molecule has 1 aliphatic rings. The van der Waals surface area contributed by atoms with Crippen LogP contribution in [0.15, 0.2) is 72.8 Å². The normalized spacial score (nSPS) is 14.8. The van der Waals surface area contributed by atoms with Gasteiger partial charge in [-0.25, -0.2) is 0 Å². The first-order valence-electron chi connectivity index (χ1n) is 7.82. The fourth-order valence-corrected chi connectivity index (χ4v) is 3.51. The lowest BCUT2D eigenvalue weighted by Gasteiger charge is -2.28. The highest BCUT2D eigenvalue weighted by atomic mass is 16.6. The average Bonchev–Trinajstić information content (AvgIpc) is 2.95. The van der Waals surface area contributed by atoms with Gasteiger partial charge in [-0.3, -0.25) is 10.1 Å². The molecule has 0 spiro atoms. The third-order valence-corrected chi connectivity index (χ3v) is 4.64. The highest BCUT2D eigenvalue weighted by Gasteiger charge is 2.32. The molecule has 0 saturated heterocycles. The highest BCUT2D eigenvalue weighted by molar-refractivity contribution is 5.81. The van der Waals surface area contributed by atoms with Crippen molar-refractivity contribution in [2.24, 2.45) is 0 Å². The molecule has 118 valence electrons. The molecule has 4 rings (SSSR count). The van der Waals surface area contributed by atoms with E-state index in [9.17, 15) is 10.1 Å². The van der Waals surface area contributed by atoms with E-state index in [2.05, 4.69) is 29.2 Å². The van der Waals surface area contributed by atoms with Crippen molar-refractivity contribution in [1.29, 1.82) is 0 Å². The van der Waals surface area contributed by atoms with Crippen LogP contribution in [0.4, 0.5) is 11.4 Å². The van der Waals surface area contributed by atoms with E-state index in [-0.39, 0.29) is 16.7 Å². The monoisotopic (exact) mass is 316 g/mol. The number of nitro benzene ring substituents is 1. The maximum absolute atomic E-state index is 11.2. The van der Waals surface area contributed by atoms with Gasteiger partial charge in [-0.1, -0.05) is 42.5 Å². The number of hydrogen-bond acceptors (Lipinski definition) is 3. The lowest BCUT2D eigenvalue weighted by atomic mass is 10.0. The number of hydrogen-bond donors (Lipinski definition) is 0. The topological polar surface area (TPSA) is 46.4 Å². The summed E-state index contributed by atoms with van der Waals surface area (Å²) in [7, 11) is 2.03. The van der Waals surface area contributed by atoms with Gasteiger partial charge in [0.1, 0.15) is 0 Å². The zero-order valence-corrected chi connectivity index (χ0v) is 13.2. The predicted molar refractivity (Wildman–Crippen MR) is 95.2 cm³/mol. The van der Waals surface area contributed by atoms with Gasteiger partial charge < -0.3 is 4.90 Å². The number of fused-ring (bicyclic) bond motifs is 3. The number of rotatable bonds is 3. The van der Waals surface area contributed by atoms with Crippen LogP contribution in [0.3, 0.4) is 0 Å². The summed E-state index contributed by atoms with van der Waals surface area (Å²) in [6, 6.07) is 23.4. The van der Waals surface area contributed by atoms with E-state index >= 15 is 0 Å². The molecule has 1 atom stereocenters. The Morgan fingerprint density at radius 2 is 1.54 bits per heavy atom. The summed E-state index contributed by atoms with van der Waals surface area (Å²) < 4.78 is 0. The van der Waals surface area contributed by atoms with Crippen LogP contribution in [0.2, 0.25) is 0 Å². The number of benzene rings is 3. The van der Waals surface area contributed by atoms with Crippen LogP contribution in [0.5, 0.6) is 0 Å². The van der Waals surface area contributed by atoms with Crippen molar-refractivity contribution in [3.05, 3.63) is 94.0 Å². The van der Waals surface area contributed by atoms with E-state index in [1.54, 1.807) is 12.1 Å². The second-order valence-electron chi connectivity index (χ2n) is 5.96. The number of anilines is 1. The summed E-state index contributed by atoms with van der Waals surface area (Å²) in [6.45, 7) is 0. The SMILES string of the molecule is CN(c1ccccc1)C1c2ccccc2-c2ccc([N+](=O)[O-])cc21. The Hall–Kier alpha value is -3.14. The summed E-state index contributed by atoms with van der Waals surface area (Å²) in [5.41, 5.74) is 5.60. The van der Waals surface area contributed by atoms with Crippen LogP contribution in [0, 0.1) is 10.1 Å². The fourth-order valence-electron chi connectivity index (χ4n) is 3.51. The van der Waals surface area contributed by atoms with E-state index in [0.717, 1.165) is 22.4 Å². The molecule has 0 aliphatic heterocycles. The second kappa shape index (κ2) is 5.49. The standard InChI is InChI=1S/C20H16N2O2/c1-21(14-7-3-2-4-8-14)20-18-10-6-5-9-16(18)17-12-11-15(22(23)24)13-19(17)20/h2-13,20H,1H3. The molecule has 4 heteroatoms. The zero-order valence-electron chi connectivity index (χ0n) is 13.2. The maximum Gasteiger partial charge on any atom is 0.269 e. The molecule has 0 bridgehead atoms. The van der Waals surface area contributed by atoms with Gasteiger partial charge in [0, 0.05) is 24.9 Å². The predicted octanol–water partition coefficient (Wildman–Crippen LogP) is 4.80. The first kappa shape index (κ1) is 14.5. The lowest BCUT2D eigenvalue weighted by molar-refractivity contribution is -0.384. The minimum absolute atomic E-state index is 0.0292. The van der Waals surface area contributed by atoms with Gasteiger partial charge in [0.15, 0.2) is 0 Å². The molecule has 3 aromatic carbocycles. The Labute approximate surface area is 140 Å². The second-order valence-corrected chi connectivity index (χ2v) is 5.96. The molecular formula is C20H16N2O2. The lowest BCUT2D eigenvalue weighted by Crippen LogP contribution is -2.23. The molecule has 4 nitrogen and oxygen atoms in total. The molecule has 0 aromatic heterocycles. The Kier molecular flexibility index (Phi) is 3.31. The molecule has 1 aliphatic carbocycles. The van der Waals surface area contributed by atoms with Crippen molar-refractivity contribution >= 4 is 11.4 Å². The third-order valence-electron chi connectivity index (χ3n) is 4.64. The van der Waals surface area contributed by atoms with E-state index in [0.29, 0.717) is 0 Å². The quantitative estimate of drug-likeness (QED) is 0.515. The first-order valence-corrected chi connectivity index (χ1v) is 7.82. The molecule has 0 amide bonds. The van der Waals surface area contributed by atoms with Crippen molar-refractivity contribution in [3.8, 4) is 11.1 Å². The summed E-state index contributed by atoms with van der Waals surface area (Å²) in [6.07, 6.45) is 0. The summed E-state index contributed by atoms with van der Waals surface area (Å²) in [4.78, 5) is 13.1. The minimum atomic E-state index is -0.331. The van der Waals surface area contributed by atoms with E-state index in [1.807, 2.05) is 43.4 Å². The Morgan fingerprint density at radius 3 is 2.29 bits per heavy atom. The minimum Gasteiger partial charge on any atom is -0.363 e. The van der Waals surface area contributed by atoms with Crippen molar-refractivity contribution in [3.63, 3.8) is 0 Å².